The number of hydrogen-bond donors (Lipinski definition) is 0. The van der Waals surface area contributed by atoms with Gasteiger partial charge in [-0.15, -0.1) is 0 Å². The Kier molecular flexibility index (Phi) is 6.81. The van der Waals surface area contributed by atoms with Crippen molar-refractivity contribution in [1.82, 2.24) is 14.5 Å². The lowest BCUT2D eigenvalue weighted by atomic mass is 9.98. The molecule has 8 aromatic carbocycles. The van der Waals surface area contributed by atoms with Gasteiger partial charge in [0.2, 0.25) is 0 Å². The number of nitrogens with zero attached hydrogens (tertiary/aromatic N) is 3. The SMILES string of the molecule is c1ccc2c(-c3cc(-c4ccc(-c5ccc(-n6c7ccccc7c7ccccc76)cc5)cc4)nc(-c4cccc5ccccc45)n3)cccc2c1. The summed E-state index contributed by atoms with van der Waals surface area (Å²) in [6, 6.07) is 66.8. The molecule has 0 fully saturated rings. The molecule has 10 rings (SSSR count). The molecular weight excluding hydrogens is 619 g/mol. The van der Waals surface area contributed by atoms with Crippen molar-refractivity contribution in [2.24, 2.45) is 0 Å². The largest absolute Gasteiger partial charge is 0.309 e. The van der Waals surface area contributed by atoms with E-state index >= 15 is 0 Å². The Morgan fingerprint density at radius 3 is 1.41 bits per heavy atom. The zero-order valence-corrected chi connectivity index (χ0v) is 27.7. The van der Waals surface area contributed by atoms with E-state index in [4.69, 9.17) is 9.97 Å². The number of aromatic nitrogens is 3. The molecule has 0 spiro atoms. The monoisotopic (exact) mass is 649 g/mol. The summed E-state index contributed by atoms with van der Waals surface area (Å²) >= 11 is 0. The Bertz CT molecular complexity index is 2740. The molecule has 2 heterocycles. The van der Waals surface area contributed by atoms with E-state index in [0.29, 0.717) is 0 Å². The summed E-state index contributed by atoms with van der Waals surface area (Å²) in [6.45, 7) is 0. The van der Waals surface area contributed by atoms with Gasteiger partial charge in [0.05, 0.1) is 22.4 Å². The minimum Gasteiger partial charge on any atom is -0.309 e. The second kappa shape index (κ2) is 11.9. The van der Waals surface area contributed by atoms with E-state index in [1.54, 1.807) is 0 Å². The molecule has 238 valence electrons. The molecule has 3 nitrogen and oxygen atoms in total. The van der Waals surface area contributed by atoms with E-state index in [0.717, 1.165) is 50.5 Å². The molecule has 0 aliphatic heterocycles. The molecule has 51 heavy (non-hydrogen) atoms. The fraction of sp³-hybridized carbons (Fsp3) is 0. The van der Waals surface area contributed by atoms with Gasteiger partial charge in [-0.05, 0) is 63.0 Å². The van der Waals surface area contributed by atoms with Gasteiger partial charge in [0.1, 0.15) is 0 Å². The van der Waals surface area contributed by atoms with Crippen LogP contribution >= 0.6 is 0 Å². The van der Waals surface area contributed by atoms with Gasteiger partial charge in [-0.1, -0.05) is 158 Å². The maximum atomic E-state index is 5.22. The number of rotatable bonds is 5. The Balaban J connectivity index is 1.06. The molecule has 0 saturated heterocycles. The highest BCUT2D eigenvalue weighted by atomic mass is 15.0. The van der Waals surface area contributed by atoms with Gasteiger partial charge in [0.25, 0.3) is 0 Å². The zero-order chi connectivity index (χ0) is 33.7. The summed E-state index contributed by atoms with van der Waals surface area (Å²) in [4.78, 5) is 10.4. The van der Waals surface area contributed by atoms with Crippen LogP contribution in [0.1, 0.15) is 0 Å². The third-order valence-electron chi connectivity index (χ3n) is 10.0. The Morgan fingerprint density at radius 1 is 0.333 bits per heavy atom. The smallest absolute Gasteiger partial charge is 0.161 e. The van der Waals surface area contributed by atoms with Crippen LogP contribution in [-0.4, -0.2) is 14.5 Å². The number of para-hydroxylation sites is 2. The summed E-state index contributed by atoms with van der Waals surface area (Å²) in [5.41, 5.74) is 10.9. The van der Waals surface area contributed by atoms with Crippen molar-refractivity contribution < 1.29 is 0 Å². The van der Waals surface area contributed by atoms with E-state index in [2.05, 4.69) is 193 Å². The van der Waals surface area contributed by atoms with E-state index in [1.165, 1.54) is 43.5 Å². The van der Waals surface area contributed by atoms with Gasteiger partial charge in [0, 0.05) is 33.2 Å². The van der Waals surface area contributed by atoms with Crippen molar-refractivity contribution in [3.05, 3.63) is 188 Å². The molecule has 0 bridgehead atoms. The Morgan fingerprint density at radius 2 is 0.784 bits per heavy atom. The minimum absolute atomic E-state index is 0.719. The quantitative estimate of drug-likeness (QED) is 0.186. The molecule has 0 saturated carbocycles. The van der Waals surface area contributed by atoms with Crippen LogP contribution < -0.4 is 0 Å². The molecule has 0 unspecified atom stereocenters. The second-order valence-corrected chi connectivity index (χ2v) is 13.0. The van der Waals surface area contributed by atoms with Crippen LogP contribution in [0.3, 0.4) is 0 Å². The molecule has 0 aliphatic rings. The van der Waals surface area contributed by atoms with Crippen molar-refractivity contribution in [3.63, 3.8) is 0 Å². The predicted molar refractivity (Wildman–Crippen MR) is 213 cm³/mol. The minimum atomic E-state index is 0.719. The summed E-state index contributed by atoms with van der Waals surface area (Å²) in [5, 5.41) is 7.21. The first-order valence-corrected chi connectivity index (χ1v) is 17.3. The highest BCUT2D eigenvalue weighted by Crippen LogP contribution is 2.36. The molecular formula is C48H31N3. The van der Waals surface area contributed by atoms with Crippen LogP contribution in [-0.2, 0) is 0 Å². The first kappa shape index (κ1) is 29.1. The summed E-state index contributed by atoms with van der Waals surface area (Å²) in [6.07, 6.45) is 0. The molecule has 2 aromatic heterocycles. The topological polar surface area (TPSA) is 30.7 Å². The third kappa shape index (κ3) is 4.98. The zero-order valence-electron chi connectivity index (χ0n) is 27.7. The first-order chi connectivity index (χ1) is 25.3. The van der Waals surface area contributed by atoms with Crippen LogP contribution in [0.25, 0.3) is 94.1 Å². The molecule has 0 atom stereocenters. The molecule has 0 N–H and O–H groups in total. The second-order valence-electron chi connectivity index (χ2n) is 13.0. The summed E-state index contributed by atoms with van der Waals surface area (Å²) in [7, 11) is 0. The molecule has 0 aliphatic carbocycles. The van der Waals surface area contributed by atoms with Crippen molar-refractivity contribution in [2.75, 3.05) is 0 Å². The van der Waals surface area contributed by atoms with Crippen LogP contribution in [0.5, 0.6) is 0 Å². The fourth-order valence-electron chi connectivity index (χ4n) is 7.56. The van der Waals surface area contributed by atoms with Crippen LogP contribution in [0.2, 0.25) is 0 Å². The first-order valence-electron chi connectivity index (χ1n) is 17.3. The maximum absolute atomic E-state index is 5.22. The van der Waals surface area contributed by atoms with Gasteiger partial charge < -0.3 is 4.57 Å². The van der Waals surface area contributed by atoms with E-state index < -0.39 is 0 Å². The van der Waals surface area contributed by atoms with Gasteiger partial charge in [0.15, 0.2) is 5.82 Å². The van der Waals surface area contributed by atoms with E-state index in [1.807, 2.05) is 0 Å². The molecule has 0 amide bonds. The predicted octanol–water partition coefficient (Wildman–Crippen LogP) is 12.5. The lowest BCUT2D eigenvalue weighted by Crippen LogP contribution is -1.97. The number of benzene rings is 8. The van der Waals surface area contributed by atoms with Crippen LogP contribution in [0.4, 0.5) is 0 Å². The van der Waals surface area contributed by atoms with Gasteiger partial charge in [-0.2, -0.15) is 0 Å². The normalized spacial score (nSPS) is 11.5. The van der Waals surface area contributed by atoms with Crippen molar-refractivity contribution in [1.29, 1.82) is 0 Å². The van der Waals surface area contributed by atoms with E-state index in [-0.39, 0.29) is 0 Å². The van der Waals surface area contributed by atoms with Crippen LogP contribution in [0.15, 0.2) is 188 Å². The fourth-order valence-corrected chi connectivity index (χ4v) is 7.56. The number of hydrogen-bond acceptors (Lipinski definition) is 2. The van der Waals surface area contributed by atoms with E-state index in [9.17, 15) is 0 Å². The summed E-state index contributed by atoms with van der Waals surface area (Å²) < 4.78 is 2.35. The highest BCUT2D eigenvalue weighted by molar-refractivity contribution is 6.09. The molecule has 0 radical (unpaired) electrons. The Hall–Kier alpha value is -6.84. The number of fused-ring (bicyclic) bond motifs is 5. The third-order valence-corrected chi connectivity index (χ3v) is 10.0. The van der Waals surface area contributed by atoms with Crippen molar-refractivity contribution >= 4 is 43.4 Å². The van der Waals surface area contributed by atoms with Gasteiger partial charge >= 0.3 is 0 Å². The average molecular weight is 650 g/mol. The highest BCUT2D eigenvalue weighted by Gasteiger charge is 2.15. The molecule has 3 heteroatoms. The summed E-state index contributed by atoms with van der Waals surface area (Å²) in [5.74, 6) is 0.719. The lowest BCUT2D eigenvalue weighted by Gasteiger charge is -2.13. The van der Waals surface area contributed by atoms with Crippen molar-refractivity contribution in [3.8, 4) is 50.7 Å². The van der Waals surface area contributed by atoms with Gasteiger partial charge in [-0.3, -0.25) is 0 Å². The average Bonchev–Trinajstić information content (AvgIpc) is 3.55. The standard InChI is InChI=1S/C48H31N3/c1-3-15-38-34(11-1)13-9-19-40(38)45-31-44(49-48(50-45)43-20-10-14-35-12-2-4-16-39(35)43)36-25-23-32(24-26-36)33-27-29-37(30-28-33)51-46-21-7-5-17-41(46)42-18-6-8-22-47(42)51/h1-31H. The Labute approximate surface area is 295 Å². The molecule has 10 aromatic rings. The maximum Gasteiger partial charge on any atom is 0.161 e. The lowest BCUT2D eigenvalue weighted by molar-refractivity contribution is 1.18. The van der Waals surface area contributed by atoms with Crippen LogP contribution in [0, 0.1) is 0 Å². The van der Waals surface area contributed by atoms with Crippen molar-refractivity contribution in [2.45, 2.75) is 0 Å². The van der Waals surface area contributed by atoms with Gasteiger partial charge in [-0.25, -0.2) is 9.97 Å².